The van der Waals surface area contributed by atoms with Gasteiger partial charge >= 0.3 is 0 Å². The maximum atomic E-state index is 6.10. The molecule has 0 heterocycles. The molecule has 0 radical (unpaired) electrons. The van der Waals surface area contributed by atoms with Gasteiger partial charge in [-0.25, -0.2) is 0 Å². The molecule has 0 saturated carbocycles. The van der Waals surface area contributed by atoms with Gasteiger partial charge in [0.15, 0.2) is 0 Å². The number of hydrogen-bond acceptors (Lipinski definition) is 3. The number of alkyl halides is 1. The van der Waals surface area contributed by atoms with Crippen molar-refractivity contribution in [1.29, 1.82) is 0 Å². The van der Waals surface area contributed by atoms with Crippen molar-refractivity contribution in [1.82, 2.24) is 0 Å². The number of ether oxygens (including phenoxy) is 2. The van der Waals surface area contributed by atoms with Gasteiger partial charge in [-0.3, -0.25) is 0 Å². The molecule has 132 valence electrons. The van der Waals surface area contributed by atoms with E-state index in [2.05, 4.69) is 39.8 Å². The summed E-state index contributed by atoms with van der Waals surface area (Å²) in [5, 5.41) is 0.629. The average Bonchev–Trinajstić information content (AvgIpc) is 2.51. The van der Waals surface area contributed by atoms with E-state index in [1.54, 1.807) is 14.2 Å². The van der Waals surface area contributed by atoms with E-state index < -0.39 is 0 Å². The molecule has 0 aliphatic rings. The van der Waals surface area contributed by atoms with Gasteiger partial charge in [0.25, 0.3) is 0 Å². The van der Waals surface area contributed by atoms with E-state index in [4.69, 9.17) is 21.1 Å². The van der Waals surface area contributed by atoms with Crippen molar-refractivity contribution in [2.75, 3.05) is 20.0 Å². The molecule has 0 fully saturated rings. The first kappa shape index (κ1) is 20.5. The molecule has 1 rings (SSSR count). The predicted molar refractivity (Wildman–Crippen MR) is 103 cm³/mol. The van der Waals surface area contributed by atoms with Crippen LogP contribution in [0.2, 0.25) is 0 Å². The standard InChI is InChI=1S/C19H31ClO2S/c1-7-23-18(12-13(2)8-9-15(4)20)19-16(21-5)10-14(3)11-17(19)22-6/h10-11,13,15,18H,7-9,12H2,1-6H3. The molecule has 1 aromatic carbocycles. The van der Waals surface area contributed by atoms with Gasteiger partial charge in [-0.2, -0.15) is 11.8 Å². The largest absolute Gasteiger partial charge is 0.496 e. The highest BCUT2D eigenvalue weighted by Crippen LogP contribution is 2.45. The molecule has 0 spiro atoms. The van der Waals surface area contributed by atoms with Crippen LogP contribution in [-0.4, -0.2) is 25.3 Å². The predicted octanol–water partition coefficient (Wildman–Crippen LogP) is 6.24. The van der Waals surface area contributed by atoms with Gasteiger partial charge in [0.2, 0.25) is 0 Å². The number of rotatable bonds is 10. The van der Waals surface area contributed by atoms with Crippen LogP contribution in [0.15, 0.2) is 12.1 Å². The van der Waals surface area contributed by atoms with Crippen LogP contribution in [-0.2, 0) is 0 Å². The maximum Gasteiger partial charge on any atom is 0.127 e. The summed E-state index contributed by atoms with van der Waals surface area (Å²) in [4.78, 5) is 0. The van der Waals surface area contributed by atoms with E-state index in [1.807, 2.05) is 11.8 Å². The highest BCUT2D eigenvalue weighted by atomic mass is 35.5. The number of hydrogen-bond donors (Lipinski definition) is 0. The summed E-state index contributed by atoms with van der Waals surface area (Å²) in [5.41, 5.74) is 2.35. The van der Waals surface area contributed by atoms with Crippen molar-refractivity contribution < 1.29 is 9.47 Å². The Hall–Kier alpha value is -0.540. The maximum absolute atomic E-state index is 6.10. The third-order valence-electron chi connectivity index (χ3n) is 4.05. The molecule has 23 heavy (non-hydrogen) atoms. The molecular formula is C19H31ClO2S. The Kier molecular flexibility index (Phi) is 9.23. The summed E-state index contributed by atoms with van der Waals surface area (Å²) in [6, 6.07) is 4.21. The first-order valence-corrected chi connectivity index (χ1v) is 9.89. The number of thioether (sulfide) groups is 1. The van der Waals surface area contributed by atoms with Crippen molar-refractivity contribution >= 4 is 23.4 Å². The minimum atomic E-state index is 0.248. The minimum Gasteiger partial charge on any atom is -0.496 e. The molecule has 1 aromatic rings. The third-order valence-corrected chi connectivity index (χ3v) is 5.43. The van der Waals surface area contributed by atoms with Gasteiger partial charge < -0.3 is 9.47 Å². The molecule has 3 atom stereocenters. The fraction of sp³-hybridized carbons (Fsp3) is 0.684. The van der Waals surface area contributed by atoms with E-state index >= 15 is 0 Å². The van der Waals surface area contributed by atoms with Crippen molar-refractivity contribution in [2.24, 2.45) is 5.92 Å². The lowest BCUT2D eigenvalue weighted by Crippen LogP contribution is -2.08. The lowest BCUT2D eigenvalue weighted by Gasteiger charge is -2.25. The van der Waals surface area contributed by atoms with Crippen LogP contribution in [0, 0.1) is 12.8 Å². The molecular weight excluding hydrogens is 328 g/mol. The van der Waals surface area contributed by atoms with E-state index in [0.29, 0.717) is 11.2 Å². The Bertz CT molecular complexity index is 451. The van der Waals surface area contributed by atoms with Crippen LogP contribution in [0.4, 0.5) is 0 Å². The first-order chi connectivity index (χ1) is 10.9. The van der Waals surface area contributed by atoms with Gasteiger partial charge in [0, 0.05) is 16.2 Å². The Labute approximate surface area is 151 Å². The van der Waals surface area contributed by atoms with Gasteiger partial charge in [-0.15, -0.1) is 11.6 Å². The molecule has 2 nitrogen and oxygen atoms in total. The van der Waals surface area contributed by atoms with Crippen LogP contribution in [0.25, 0.3) is 0 Å². The second-order valence-electron chi connectivity index (χ2n) is 6.23. The minimum absolute atomic E-state index is 0.248. The molecule has 0 aliphatic carbocycles. The molecule has 3 unspecified atom stereocenters. The molecule has 0 N–H and O–H groups in total. The van der Waals surface area contributed by atoms with Crippen LogP contribution in [0.3, 0.4) is 0 Å². The Morgan fingerprint density at radius 1 is 1.09 bits per heavy atom. The second kappa shape index (κ2) is 10.4. The monoisotopic (exact) mass is 358 g/mol. The zero-order valence-corrected chi connectivity index (χ0v) is 16.9. The van der Waals surface area contributed by atoms with E-state index in [0.717, 1.165) is 42.1 Å². The van der Waals surface area contributed by atoms with Crippen LogP contribution in [0.1, 0.15) is 56.4 Å². The molecule has 0 bridgehead atoms. The SMILES string of the molecule is CCSC(CC(C)CCC(C)Cl)c1c(OC)cc(C)cc1OC. The zero-order valence-electron chi connectivity index (χ0n) is 15.3. The lowest BCUT2D eigenvalue weighted by atomic mass is 9.94. The van der Waals surface area contributed by atoms with Crippen LogP contribution in [0.5, 0.6) is 11.5 Å². The molecule has 0 saturated heterocycles. The van der Waals surface area contributed by atoms with Gasteiger partial charge in [-0.1, -0.05) is 13.8 Å². The first-order valence-electron chi connectivity index (χ1n) is 8.41. The summed E-state index contributed by atoms with van der Waals surface area (Å²) in [6.07, 6.45) is 3.33. The van der Waals surface area contributed by atoms with Crippen molar-refractivity contribution in [3.63, 3.8) is 0 Å². The van der Waals surface area contributed by atoms with E-state index in [9.17, 15) is 0 Å². The van der Waals surface area contributed by atoms with Gasteiger partial charge in [0.05, 0.1) is 14.2 Å². The van der Waals surface area contributed by atoms with E-state index in [-0.39, 0.29) is 5.38 Å². The summed E-state index contributed by atoms with van der Waals surface area (Å²) >= 11 is 8.07. The Morgan fingerprint density at radius 3 is 2.09 bits per heavy atom. The third kappa shape index (κ3) is 6.46. The topological polar surface area (TPSA) is 18.5 Å². The highest BCUT2D eigenvalue weighted by Gasteiger charge is 2.23. The second-order valence-corrected chi connectivity index (χ2v) is 8.45. The fourth-order valence-electron chi connectivity index (χ4n) is 2.86. The summed E-state index contributed by atoms with van der Waals surface area (Å²) in [5.74, 6) is 3.57. The Balaban J connectivity index is 3.04. The van der Waals surface area contributed by atoms with Crippen molar-refractivity contribution in [3.05, 3.63) is 23.3 Å². The zero-order chi connectivity index (χ0) is 17.4. The van der Waals surface area contributed by atoms with Crippen molar-refractivity contribution in [2.45, 2.75) is 57.6 Å². The number of aryl methyl sites for hydroxylation is 1. The number of methoxy groups -OCH3 is 2. The quantitative estimate of drug-likeness (QED) is 0.461. The molecule has 0 aromatic heterocycles. The molecule has 0 amide bonds. The smallest absolute Gasteiger partial charge is 0.127 e. The van der Waals surface area contributed by atoms with Crippen LogP contribution >= 0.6 is 23.4 Å². The van der Waals surface area contributed by atoms with Gasteiger partial charge in [0.1, 0.15) is 11.5 Å². The highest BCUT2D eigenvalue weighted by molar-refractivity contribution is 7.99. The Morgan fingerprint density at radius 2 is 1.65 bits per heavy atom. The summed E-state index contributed by atoms with van der Waals surface area (Å²) in [7, 11) is 3.48. The molecule has 4 heteroatoms. The summed E-state index contributed by atoms with van der Waals surface area (Å²) in [6.45, 7) is 8.66. The van der Waals surface area contributed by atoms with Crippen LogP contribution < -0.4 is 9.47 Å². The number of benzene rings is 1. The fourth-order valence-corrected chi connectivity index (χ4v) is 4.25. The normalized spacial score (nSPS) is 15.1. The molecule has 0 aliphatic heterocycles. The van der Waals surface area contributed by atoms with E-state index in [1.165, 1.54) is 5.56 Å². The number of halogens is 1. The average molecular weight is 359 g/mol. The van der Waals surface area contributed by atoms with Crippen molar-refractivity contribution in [3.8, 4) is 11.5 Å². The van der Waals surface area contributed by atoms with Gasteiger partial charge in [-0.05, 0) is 62.5 Å². The summed E-state index contributed by atoms with van der Waals surface area (Å²) < 4.78 is 11.3. The lowest BCUT2D eigenvalue weighted by molar-refractivity contribution is 0.378.